The molecule has 0 radical (unpaired) electrons. The van der Waals surface area contributed by atoms with Gasteiger partial charge < -0.3 is 10.6 Å². The van der Waals surface area contributed by atoms with Gasteiger partial charge in [0.1, 0.15) is 12.4 Å². The summed E-state index contributed by atoms with van der Waals surface area (Å²) in [7, 11) is 0. The zero-order chi connectivity index (χ0) is 14.6. The van der Waals surface area contributed by atoms with Crippen LogP contribution in [0.25, 0.3) is 0 Å². The molecule has 0 bridgehead atoms. The van der Waals surface area contributed by atoms with Gasteiger partial charge in [-0.15, -0.1) is 0 Å². The van der Waals surface area contributed by atoms with Crippen LogP contribution in [-0.2, 0) is 6.42 Å². The van der Waals surface area contributed by atoms with Gasteiger partial charge in [-0.25, -0.2) is 4.39 Å². The molecule has 2 nitrogen and oxygen atoms in total. The van der Waals surface area contributed by atoms with E-state index in [1.165, 1.54) is 12.1 Å². The quantitative estimate of drug-likeness (QED) is 0.839. The van der Waals surface area contributed by atoms with E-state index in [2.05, 4.69) is 0 Å². The maximum absolute atomic E-state index is 13.9. The minimum absolute atomic E-state index is 0.0340. The highest BCUT2D eigenvalue weighted by Gasteiger charge is 2.31. The monoisotopic (exact) mass is 278 g/mol. The smallest absolute Gasteiger partial charge is 0.360 e. The van der Waals surface area contributed by atoms with Crippen molar-refractivity contribution >= 4 is 5.69 Å². The first-order chi connectivity index (χ1) is 8.73. The molecule has 1 rings (SSSR count). The molecule has 1 atom stereocenters. The number of nitrogens with two attached hydrogens (primary N) is 1. The van der Waals surface area contributed by atoms with Crippen LogP contribution in [0.5, 0.6) is 0 Å². The van der Waals surface area contributed by atoms with E-state index in [9.17, 15) is 17.6 Å². The van der Waals surface area contributed by atoms with Gasteiger partial charge in [-0.2, -0.15) is 13.2 Å². The Morgan fingerprint density at radius 1 is 1.32 bits per heavy atom. The van der Waals surface area contributed by atoms with E-state index in [4.69, 9.17) is 5.73 Å². The summed E-state index contributed by atoms with van der Waals surface area (Å²) < 4.78 is 51.0. The van der Waals surface area contributed by atoms with E-state index in [1.807, 2.05) is 0 Å². The lowest BCUT2D eigenvalue weighted by atomic mass is 10.1. The van der Waals surface area contributed by atoms with Crippen molar-refractivity contribution in [2.75, 3.05) is 18.0 Å². The lowest BCUT2D eigenvalue weighted by Gasteiger charge is -2.25. The molecule has 6 heteroatoms. The third-order valence-corrected chi connectivity index (χ3v) is 2.66. The largest absolute Gasteiger partial charge is 0.405 e. The van der Waals surface area contributed by atoms with Crippen molar-refractivity contribution in [1.82, 2.24) is 0 Å². The minimum Gasteiger partial charge on any atom is -0.360 e. The number of hydrogen-bond donors (Lipinski definition) is 1. The van der Waals surface area contributed by atoms with Crippen LogP contribution in [0.4, 0.5) is 23.2 Å². The van der Waals surface area contributed by atoms with Crippen molar-refractivity contribution in [1.29, 1.82) is 0 Å². The maximum Gasteiger partial charge on any atom is 0.405 e. The lowest BCUT2D eigenvalue weighted by molar-refractivity contribution is -0.119. The summed E-state index contributed by atoms with van der Waals surface area (Å²) >= 11 is 0. The molecule has 0 saturated heterocycles. The summed E-state index contributed by atoms with van der Waals surface area (Å²) in [5.74, 6) is -0.649. The molecule has 1 unspecified atom stereocenters. The lowest BCUT2D eigenvalue weighted by Crippen LogP contribution is -2.34. The summed E-state index contributed by atoms with van der Waals surface area (Å²) in [6, 6.07) is 4.11. The molecule has 108 valence electrons. The van der Waals surface area contributed by atoms with Crippen molar-refractivity contribution < 1.29 is 17.6 Å². The fourth-order valence-electron chi connectivity index (χ4n) is 1.89. The molecule has 2 N–H and O–H groups in total. The average Bonchev–Trinajstić information content (AvgIpc) is 2.24. The van der Waals surface area contributed by atoms with Crippen LogP contribution >= 0.6 is 0 Å². The zero-order valence-electron chi connectivity index (χ0n) is 11.0. The Bertz CT molecular complexity index is 416. The van der Waals surface area contributed by atoms with E-state index in [0.29, 0.717) is 12.0 Å². The molecule has 0 aromatic heterocycles. The number of hydrogen-bond acceptors (Lipinski definition) is 2. The first-order valence-electron chi connectivity index (χ1n) is 6.08. The highest BCUT2D eigenvalue weighted by atomic mass is 19.4. The van der Waals surface area contributed by atoms with Gasteiger partial charge in [0.05, 0.1) is 5.69 Å². The Hall–Kier alpha value is -1.30. The number of nitrogens with zero attached hydrogens (tertiary/aromatic N) is 1. The van der Waals surface area contributed by atoms with Crippen molar-refractivity contribution in [3.8, 4) is 0 Å². The molecule has 0 aliphatic heterocycles. The second-order valence-electron chi connectivity index (χ2n) is 4.60. The number of benzene rings is 1. The SMILES string of the molecule is CCN(CC(F)(F)F)c1ccc(CC(C)N)cc1F. The van der Waals surface area contributed by atoms with Gasteiger partial charge in [0, 0.05) is 12.6 Å². The molecule has 0 fully saturated rings. The standard InChI is InChI=1S/C13H18F4N2/c1-3-19(8-13(15,16)17)12-5-4-10(6-9(2)18)7-11(12)14/h4-5,7,9H,3,6,8,18H2,1-2H3. The Labute approximate surface area is 110 Å². The molecular formula is C13H18F4N2. The molecule has 0 aliphatic carbocycles. The third-order valence-electron chi connectivity index (χ3n) is 2.66. The zero-order valence-corrected chi connectivity index (χ0v) is 11.0. The molecule has 1 aromatic carbocycles. The molecular weight excluding hydrogens is 260 g/mol. The van der Waals surface area contributed by atoms with E-state index in [0.717, 1.165) is 4.90 Å². The average molecular weight is 278 g/mol. The topological polar surface area (TPSA) is 29.3 Å². The number of halogens is 4. The van der Waals surface area contributed by atoms with E-state index in [-0.39, 0.29) is 18.3 Å². The fraction of sp³-hybridized carbons (Fsp3) is 0.538. The fourth-order valence-corrected chi connectivity index (χ4v) is 1.89. The Morgan fingerprint density at radius 2 is 1.95 bits per heavy atom. The van der Waals surface area contributed by atoms with Crippen LogP contribution in [0.15, 0.2) is 18.2 Å². The maximum atomic E-state index is 13.9. The predicted octanol–water partition coefficient (Wildman–Crippen LogP) is 3.10. The molecule has 0 amide bonds. The highest BCUT2D eigenvalue weighted by Crippen LogP contribution is 2.25. The van der Waals surface area contributed by atoms with Gasteiger partial charge in [0.15, 0.2) is 0 Å². The first kappa shape index (κ1) is 15.8. The molecule has 0 aliphatic rings. The van der Waals surface area contributed by atoms with Crippen LogP contribution < -0.4 is 10.6 Å². The van der Waals surface area contributed by atoms with E-state index < -0.39 is 18.5 Å². The number of rotatable bonds is 5. The molecule has 19 heavy (non-hydrogen) atoms. The van der Waals surface area contributed by atoms with E-state index in [1.54, 1.807) is 19.9 Å². The van der Waals surface area contributed by atoms with Crippen LogP contribution in [0.2, 0.25) is 0 Å². The van der Waals surface area contributed by atoms with E-state index >= 15 is 0 Å². The molecule has 0 spiro atoms. The summed E-state index contributed by atoms with van der Waals surface area (Å²) in [6.45, 7) is 2.27. The second kappa shape index (κ2) is 6.23. The van der Waals surface area contributed by atoms with Gasteiger partial charge in [-0.1, -0.05) is 6.07 Å². The van der Waals surface area contributed by atoms with Crippen molar-refractivity contribution in [2.45, 2.75) is 32.5 Å². The summed E-state index contributed by atoms with van der Waals surface area (Å²) in [5, 5.41) is 0. The summed E-state index contributed by atoms with van der Waals surface area (Å²) in [4.78, 5) is 0.963. The molecule has 1 aromatic rings. The van der Waals surface area contributed by atoms with Gasteiger partial charge in [-0.05, 0) is 38.0 Å². The van der Waals surface area contributed by atoms with Crippen LogP contribution in [0.1, 0.15) is 19.4 Å². The summed E-state index contributed by atoms with van der Waals surface area (Å²) in [5.41, 5.74) is 6.25. The van der Waals surface area contributed by atoms with Crippen LogP contribution in [0.3, 0.4) is 0 Å². The van der Waals surface area contributed by atoms with Gasteiger partial charge >= 0.3 is 6.18 Å². The second-order valence-corrected chi connectivity index (χ2v) is 4.60. The van der Waals surface area contributed by atoms with Crippen LogP contribution in [-0.4, -0.2) is 25.3 Å². The van der Waals surface area contributed by atoms with Crippen molar-refractivity contribution in [3.05, 3.63) is 29.6 Å². The van der Waals surface area contributed by atoms with Crippen molar-refractivity contribution in [2.24, 2.45) is 5.73 Å². The first-order valence-corrected chi connectivity index (χ1v) is 6.08. The third kappa shape index (κ3) is 5.06. The Morgan fingerprint density at radius 3 is 2.37 bits per heavy atom. The van der Waals surface area contributed by atoms with Crippen molar-refractivity contribution in [3.63, 3.8) is 0 Å². The molecule has 0 heterocycles. The van der Waals surface area contributed by atoms with Gasteiger partial charge in [-0.3, -0.25) is 0 Å². The number of alkyl halides is 3. The van der Waals surface area contributed by atoms with Crippen LogP contribution in [0, 0.1) is 5.82 Å². The minimum atomic E-state index is -4.35. The normalized spacial score (nSPS) is 13.4. The molecule has 0 saturated carbocycles. The Kier molecular flexibility index (Phi) is 5.17. The van der Waals surface area contributed by atoms with Gasteiger partial charge in [0.2, 0.25) is 0 Å². The summed E-state index contributed by atoms with van der Waals surface area (Å²) in [6.07, 6.45) is -3.87. The Balaban J connectivity index is 2.93. The highest BCUT2D eigenvalue weighted by molar-refractivity contribution is 5.49. The van der Waals surface area contributed by atoms with Gasteiger partial charge in [0.25, 0.3) is 0 Å². The number of anilines is 1. The predicted molar refractivity (Wildman–Crippen MR) is 67.7 cm³/mol.